The highest BCUT2D eigenvalue weighted by Gasteiger charge is 2.14. The van der Waals surface area contributed by atoms with Gasteiger partial charge in [0.15, 0.2) is 0 Å². The van der Waals surface area contributed by atoms with Crippen molar-refractivity contribution in [3.05, 3.63) is 29.8 Å². The van der Waals surface area contributed by atoms with Crippen molar-refractivity contribution in [2.45, 2.75) is 6.10 Å². The first-order valence-electron chi connectivity index (χ1n) is 4.39. The van der Waals surface area contributed by atoms with Crippen molar-refractivity contribution in [2.75, 3.05) is 13.2 Å². The van der Waals surface area contributed by atoms with Crippen LogP contribution < -0.4 is 4.74 Å². The Morgan fingerprint density at radius 3 is 2.40 bits per heavy atom. The van der Waals surface area contributed by atoms with Gasteiger partial charge in [0.25, 0.3) is 0 Å². The predicted molar refractivity (Wildman–Crippen MR) is 52.0 cm³/mol. The summed E-state index contributed by atoms with van der Waals surface area (Å²) in [6.07, 6.45) is -0.800. The fraction of sp³-hybridized carbons (Fsp3) is 0.300. The first kappa shape index (κ1) is 11.5. The van der Waals surface area contributed by atoms with Gasteiger partial charge in [-0.2, -0.15) is 0 Å². The lowest BCUT2D eigenvalue weighted by Gasteiger charge is -2.15. The molecule has 82 valence electrons. The Balaban J connectivity index is 2.88. The molecule has 0 aliphatic heterocycles. The van der Waals surface area contributed by atoms with Crippen LogP contribution in [0.4, 0.5) is 0 Å². The van der Waals surface area contributed by atoms with E-state index < -0.39 is 12.1 Å². The largest absolute Gasteiger partial charge is 0.485 e. The molecule has 1 rings (SSSR count). The second-order valence-corrected chi connectivity index (χ2v) is 2.91. The summed E-state index contributed by atoms with van der Waals surface area (Å²) in [5.74, 6) is -0.974. The molecule has 5 nitrogen and oxygen atoms in total. The molecule has 1 aromatic rings. The summed E-state index contributed by atoms with van der Waals surface area (Å²) in [6.45, 7) is -0.741. The topological polar surface area (TPSA) is 87.0 Å². The van der Waals surface area contributed by atoms with Crippen LogP contribution in [-0.2, 0) is 0 Å². The number of hydrogen-bond acceptors (Lipinski definition) is 4. The van der Waals surface area contributed by atoms with E-state index in [-0.39, 0.29) is 24.5 Å². The van der Waals surface area contributed by atoms with Crippen LogP contribution in [0.2, 0.25) is 0 Å². The lowest BCUT2D eigenvalue weighted by molar-refractivity contribution is 0.0575. The van der Waals surface area contributed by atoms with Crippen LogP contribution in [0.1, 0.15) is 10.4 Å². The van der Waals surface area contributed by atoms with Gasteiger partial charge in [0, 0.05) is 0 Å². The van der Waals surface area contributed by atoms with E-state index in [9.17, 15) is 4.79 Å². The van der Waals surface area contributed by atoms with Crippen molar-refractivity contribution in [3.63, 3.8) is 0 Å². The Labute approximate surface area is 86.5 Å². The third-order valence-electron chi connectivity index (χ3n) is 1.82. The fourth-order valence-corrected chi connectivity index (χ4v) is 1.06. The molecule has 0 saturated carbocycles. The van der Waals surface area contributed by atoms with Crippen LogP contribution in [-0.4, -0.2) is 40.6 Å². The van der Waals surface area contributed by atoms with Crippen LogP contribution in [0.15, 0.2) is 24.3 Å². The average Bonchev–Trinajstić information content (AvgIpc) is 2.26. The van der Waals surface area contributed by atoms with Crippen LogP contribution in [0.3, 0.4) is 0 Å². The van der Waals surface area contributed by atoms with Crippen molar-refractivity contribution >= 4 is 5.97 Å². The third-order valence-corrected chi connectivity index (χ3v) is 1.82. The minimum atomic E-state index is -1.11. The van der Waals surface area contributed by atoms with E-state index in [0.29, 0.717) is 0 Å². The van der Waals surface area contributed by atoms with Crippen molar-refractivity contribution in [1.29, 1.82) is 0 Å². The number of ether oxygens (including phenoxy) is 1. The number of aliphatic hydroxyl groups excluding tert-OH is 2. The number of para-hydroxylation sites is 1. The molecule has 5 heteroatoms. The molecule has 0 spiro atoms. The normalized spacial score (nSPS) is 10.3. The van der Waals surface area contributed by atoms with Gasteiger partial charge in [0.1, 0.15) is 17.4 Å². The van der Waals surface area contributed by atoms with Crippen LogP contribution >= 0.6 is 0 Å². The molecule has 0 radical (unpaired) electrons. The van der Waals surface area contributed by atoms with Crippen molar-refractivity contribution in [2.24, 2.45) is 0 Å². The Kier molecular flexibility index (Phi) is 4.08. The lowest BCUT2D eigenvalue weighted by Crippen LogP contribution is -2.26. The highest BCUT2D eigenvalue weighted by molar-refractivity contribution is 5.90. The highest BCUT2D eigenvalue weighted by Crippen LogP contribution is 2.18. The first-order chi connectivity index (χ1) is 7.19. The van der Waals surface area contributed by atoms with Gasteiger partial charge in [0.2, 0.25) is 0 Å². The molecule has 0 atom stereocenters. The van der Waals surface area contributed by atoms with Gasteiger partial charge in [-0.1, -0.05) is 12.1 Å². The monoisotopic (exact) mass is 212 g/mol. The summed E-state index contributed by atoms with van der Waals surface area (Å²) in [7, 11) is 0. The minimum Gasteiger partial charge on any atom is -0.485 e. The van der Waals surface area contributed by atoms with Crippen molar-refractivity contribution < 1.29 is 24.9 Å². The van der Waals surface area contributed by atoms with Crippen molar-refractivity contribution in [1.82, 2.24) is 0 Å². The van der Waals surface area contributed by atoms with Crippen molar-refractivity contribution in [3.8, 4) is 5.75 Å². The molecule has 15 heavy (non-hydrogen) atoms. The number of rotatable bonds is 5. The lowest BCUT2D eigenvalue weighted by atomic mass is 10.2. The SMILES string of the molecule is O=C(O)c1ccccc1OC(CO)CO. The molecular formula is C10H12O5. The van der Waals surface area contributed by atoms with Gasteiger partial charge in [-0.15, -0.1) is 0 Å². The zero-order valence-corrected chi connectivity index (χ0v) is 7.96. The molecule has 0 unspecified atom stereocenters. The summed E-state index contributed by atoms with van der Waals surface area (Å²) in [5.41, 5.74) is 0.00407. The van der Waals surface area contributed by atoms with E-state index in [4.69, 9.17) is 20.1 Å². The predicted octanol–water partition coefficient (Wildman–Crippen LogP) is 0.117. The number of hydrogen-bond donors (Lipinski definition) is 3. The molecule has 1 aromatic carbocycles. The molecular weight excluding hydrogens is 200 g/mol. The number of aromatic carboxylic acids is 1. The van der Waals surface area contributed by atoms with E-state index in [1.807, 2.05) is 0 Å². The summed E-state index contributed by atoms with van der Waals surface area (Å²) in [5, 5.41) is 26.4. The third kappa shape index (κ3) is 2.93. The Hall–Kier alpha value is -1.59. The van der Waals surface area contributed by atoms with Crippen LogP contribution in [0.5, 0.6) is 5.75 Å². The molecule has 0 fully saturated rings. The average molecular weight is 212 g/mol. The van der Waals surface area contributed by atoms with Gasteiger partial charge in [-0.3, -0.25) is 0 Å². The van der Waals surface area contributed by atoms with Crippen LogP contribution in [0.25, 0.3) is 0 Å². The highest BCUT2D eigenvalue weighted by atomic mass is 16.5. The van der Waals surface area contributed by atoms with Gasteiger partial charge >= 0.3 is 5.97 Å². The Morgan fingerprint density at radius 2 is 1.87 bits per heavy atom. The number of carboxylic acids is 1. The summed E-state index contributed by atoms with van der Waals surface area (Å²) in [4.78, 5) is 10.8. The van der Waals surface area contributed by atoms with Gasteiger partial charge in [0.05, 0.1) is 13.2 Å². The molecule has 0 aliphatic rings. The number of carboxylic acid groups (broad SMARTS) is 1. The van der Waals surface area contributed by atoms with Gasteiger partial charge < -0.3 is 20.1 Å². The first-order valence-corrected chi connectivity index (χ1v) is 4.39. The molecule has 0 saturated heterocycles. The summed E-state index contributed by atoms with van der Waals surface area (Å²) in [6, 6.07) is 6.06. The van der Waals surface area contributed by atoms with E-state index in [2.05, 4.69) is 0 Å². The van der Waals surface area contributed by atoms with Crippen LogP contribution in [0, 0.1) is 0 Å². The molecule has 0 aliphatic carbocycles. The second kappa shape index (κ2) is 5.33. The van der Waals surface area contributed by atoms with E-state index >= 15 is 0 Å². The maximum Gasteiger partial charge on any atom is 0.339 e. The molecule has 3 N–H and O–H groups in total. The van der Waals surface area contributed by atoms with E-state index in [1.54, 1.807) is 12.1 Å². The van der Waals surface area contributed by atoms with Gasteiger partial charge in [-0.25, -0.2) is 4.79 Å². The smallest absolute Gasteiger partial charge is 0.339 e. The quantitative estimate of drug-likeness (QED) is 0.645. The van der Waals surface area contributed by atoms with Gasteiger partial charge in [-0.05, 0) is 12.1 Å². The number of carbonyl (C=O) groups is 1. The number of benzene rings is 1. The van der Waals surface area contributed by atoms with E-state index in [1.165, 1.54) is 12.1 Å². The fourth-order valence-electron chi connectivity index (χ4n) is 1.06. The molecule has 0 bridgehead atoms. The Morgan fingerprint density at radius 1 is 1.27 bits per heavy atom. The second-order valence-electron chi connectivity index (χ2n) is 2.91. The minimum absolute atomic E-state index is 0.00407. The standard InChI is InChI=1S/C10H12O5/c11-5-7(6-12)15-9-4-2-1-3-8(9)10(13)14/h1-4,7,11-12H,5-6H2,(H,13,14). The zero-order valence-electron chi connectivity index (χ0n) is 7.96. The summed E-state index contributed by atoms with van der Waals surface area (Å²) < 4.78 is 5.12. The van der Waals surface area contributed by atoms with E-state index in [0.717, 1.165) is 0 Å². The molecule has 0 aromatic heterocycles. The Bertz CT molecular complexity index is 332. The summed E-state index contributed by atoms with van der Waals surface area (Å²) >= 11 is 0. The molecule has 0 heterocycles. The maximum atomic E-state index is 10.8. The maximum absolute atomic E-state index is 10.8. The number of aliphatic hydroxyl groups is 2. The molecule has 0 amide bonds. The zero-order chi connectivity index (χ0) is 11.3.